The molecule has 1 aliphatic rings. The number of fused-ring (bicyclic) bond motifs is 1. The first-order valence-corrected chi connectivity index (χ1v) is 11.7. The number of aliphatic carboxylic acids is 1. The third kappa shape index (κ3) is 4.86. The number of phenolic OH excluding ortho intramolecular Hbond substituents is 1. The molecule has 0 aliphatic heterocycles. The minimum absolute atomic E-state index is 0.00595. The van der Waals surface area contributed by atoms with Crippen molar-refractivity contribution < 1.29 is 19.7 Å². The minimum Gasteiger partial charge on any atom is -0.507 e. The average Bonchev–Trinajstić information content (AvgIpc) is 2.80. The standard InChI is InChI=1S/C30H32O4/c1-29(2)14-15-30(3,4)25-18-27(34-19-21-8-6-5-7-9-21)23(17-24(25)29)22-16-20(10-12-26(22)31)11-13-28(32)33/h5-13,16-18,31H,14-15,19H2,1-4H3,(H,32,33). The third-order valence-corrected chi connectivity index (χ3v) is 6.92. The van der Waals surface area contributed by atoms with E-state index in [1.807, 2.05) is 36.4 Å². The van der Waals surface area contributed by atoms with Gasteiger partial charge in [0.15, 0.2) is 0 Å². The highest BCUT2D eigenvalue weighted by Crippen LogP contribution is 2.50. The molecule has 0 amide bonds. The van der Waals surface area contributed by atoms with E-state index < -0.39 is 5.97 Å². The molecule has 3 aromatic rings. The lowest BCUT2D eigenvalue weighted by Crippen LogP contribution is -2.33. The van der Waals surface area contributed by atoms with Gasteiger partial charge in [-0.2, -0.15) is 0 Å². The van der Waals surface area contributed by atoms with E-state index in [4.69, 9.17) is 9.84 Å². The van der Waals surface area contributed by atoms with Crippen LogP contribution in [-0.4, -0.2) is 16.2 Å². The molecule has 176 valence electrons. The van der Waals surface area contributed by atoms with E-state index >= 15 is 0 Å². The van der Waals surface area contributed by atoms with Gasteiger partial charge in [-0.25, -0.2) is 4.79 Å². The molecule has 0 radical (unpaired) electrons. The van der Waals surface area contributed by atoms with E-state index in [0.29, 0.717) is 23.5 Å². The average molecular weight is 457 g/mol. The Labute approximate surface area is 201 Å². The summed E-state index contributed by atoms with van der Waals surface area (Å²) in [5.41, 5.74) is 5.74. The number of carboxylic acids is 1. The van der Waals surface area contributed by atoms with Crippen LogP contribution < -0.4 is 4.74 Å². The van der Waals surface area contributed by atoms with E-state index in [1.165, 1.54) is 17.2 Å². The van der Waals surface area contributed by atoms with Crippen molar-refractivity contribution in [3.63, 3.8) is 0 Å². The Bertz CT molecular complexity index is 1240. The zero-order chi connectivity index (χ0) is 24.5. The molecule has 0 atom stereocenters. The molecule has 2 N–H and O–H groups in total. The Morgan fingerprint density at radius 1 is 0.912 bits per heavy atom. The van der Waals surface area contributed by atoms with Crippen molar-refractivity contribution in [2.45, 2.75) is 58.0 Å². The molecule has 0 bridgehead atoms. The van der Waals surface area contributed by atoms with E-state index in [9.17, 15) is 9.90 Å². The van der Waals surface area contributed by atoms with Gasteiger partial charge in [-0.1, -0.05) is 64.1 Å². The smallest absolute Gasteiger partial charge is 0.328 e. The molecule has 0 spiro atoms. The predicted molar refractivity (Wildman–Crippen MR) is 136 cm³/mol. The number of aromatic hydroxyl groups is 1. The largest absolute Gasteiger partial charge is 0.507 e. The predicted octanol–water partition coefficient (Wildman–Crippen LogP) is 7.09. The highest BCUT2D eigenvalue weighted by atomic mass is 16.5. The second-order valence-corrected chi connectivity index (χ2v) is 10.4. The molecule has 0 aromatic heterocycles. The van der Waals surface area contributed by atoms with Gasteiger partial charge in [0.2, 0.25) is 0 Å². The lowest BCUT2D eigenvalue weighted by atomic mass is 9.62. The number of carbonyl (C=O) groups is 1. The Morgan fingerprint density at radius 2 is 1.56 bits per heavy atom. The zero-order valence-electron chi connectivity index (χ0n) is 20.3. The van der Waals surface area contributed by atoms with Crippen LogP contribution in [-0.2, 0) is 22.2 Å². The molecule has 0 saturated heterocycles. The summed E-state index contributed by atoms with van der Waals surface area (Å²) in [5.74, 6) is -0.174. The minimum atomic E-state index is -1.01. The summed E-state index contributed by atoms with van der Waals surface area (Å²) in [5, 5.41) is 19.8. The second-order valence-electron chi connectivity index (χ2n) is 10.4. The van der Waals surface area contributed by atoms with E-state index in [2.05, 4.69) is 39.8 Å². The maximum Gasteiger partial charge on any atom is 0.328 e. The van der Waals surface area contributed by atoms with Crippen LogP contribution in [0.3, 0.4) is 0 Å². The highest BCUT2D eigenvalue weighted by molar-refractivity contribution is 5.86. The van der Waals surface area contributed by atoms with Crippen LogP contribution in [0.4, 0.5) is 0 Å². The van der Waals surface area contributed by atoms with Gasteiger partial charge in [0, 0.05) is 17.2 Å². The fraction of sp³-hybridized carbons (Fsp3) is 0.300. The van der Waals surface area contributed by atoms with Crippen LogP contribution in [0.2, 0.25) is 0 Å². The van der Waals surface area contributed by atoms with Crippen molar-refractivity contribution in [3.05, 3.63) is 89.0 Å². The Kier molecular flexibility index (Phi) is 6.26. The second kappa shape index (κ2) is 9.02. The van der Waals surface area contributed by atoms with E-state index in [1.54, 1.807) is 12.1 Å². The molecule has 4 rings (SSSR count). The van der Waals surface area contributed by atoms with Gasteiger partial charge in [-0.15, -0.1) is 0 Å². The van der Waals surface area contributed by atoms with Crippen molar-refractivity contribution in [1.82, 2.24) is 0 Å². The molecule has 0 saturated carbocycles. The van der Waals surface area contributed by atoms with Crippen molar-refractivity contribution >= 4 is 12.0 Å². The molecule has 34 heavy (non-hydrogen) atoms. The van der Waals surface area contributed by atoms with Crippen LogP contribution in [0.15, 0.2) is 66.7 Å². The van der Waals surface area contributed by atoms with Gasteiger partial charge < -0.3 is 14.9 Å². The number of phenols is 1. The molecule has 3 aromatic carbocycles. The van der Waals surface area contributed by atoms with Crippen LogP contribution in [0.5, 0.6) is 11.5 Å². The SMILES string of the molecule is CC1(C)CCC(C)(C)c2cc(-c3cc(C=CC(=O)O)ccc3O)c(OCc3ccccc3)cc21. The molecule has 0 fully saturated rings. The van der Waals surface area contributed by atoms with Gasteiger partial charge in [0.05, 0.1) is 0 Å². The summed E-state index contributed by atoms with van der Waals surface area (Å²) in [6.07, 6.45) is 4.79. The number of rotatable bonds is 6. The Morgan fingerprint density at radius 3 is 2.21 bits per heavy atom. The van der Waals surface area contributed by atoms with Gasteiger partial charge >= 0.3 is 5.97 Å². The van der Waals surface area contributed by atoms with Gasteiger partial charge in [0.1, 0.15) is 18.1 Å². The molecule has 1 aliphatic carbocycles. The maximum absolute atomic E-state index is 11.0. The van der Waals surface area contributed by atoms with Gasteiger partial charge in [-0.05, 0) is 76.3 Å². The van der Waals surface area contributed by atoms with Gasteiger partial charge in [0.25, 0.3) is 0 Å². The summed E-state index contributed by atoms with van der Waals surface area (Å²) >= 11 is 0. The summed E-state index contributed by atoms with van der Waals surface area (Å²) in [4.78, 5) is 11.0. The summed E-state index contributed by atoms with van der Waals surface area (Å²) in [6, 6.07) is 19.4. The summed E-state index contributed by atoms with van der Waals surface area (Å²) in [7, 11) is 0. The first-order valence-electron chi connectivity index (χ1n) is 11.7. The first kappa shape index (κ1) is 23.6. The fourth-order valence-corrected chi connectivity index (χ4v) is 4.70. The molecule has 0 heterocycles. The molecular formula is C30H32O4. The molecule has 0 unspecified atom stereocenters. The van der Waals surface area contributed by atoms with Crippen molar-refractivity contribution in [2.75, 3.05) is 0 Å². The van der Waals surface area contributed by atoms with Crippen molar-refractivity contribution in [1.29, 1.82) is 0 Å². The lowest BCUT2D eigenvalue weighted by Gasteiger charge is -2.42. The van der Waals surface area contributed by atoms with E-state index in [0.717, 1.165) is 30.0 Å². The normalized spacial score (nSPS) is 16.2. The number of benzene rings is 3. The number of hydrogen-bond acceptors (Lipinski definition) is 3. The van der Waals surface area contributed by atoms with Gasteiger partial charge in [-0.3, -0.25) is 0 Å². The van der Waals surface area contributed by atoms with Crippen LogP contribution in [0.1, 0.15) is 62.8 Å². The number of hydrogen-bond donors (Lipinski definition) is 2. The number of carboxylic acid groups (broad SMARTS) is 1. The summed E-state index contributed by atoms with van der Waals surface area (Å²) in [6.45, 7) is 9.49. The molecule has 4 nitrogen and oxygen atoms in total. The van der Waals surface area contributed by atoms with Crippen LogP contribution in [0.25, 0.3) is 17.2 Å². The maximum atomic E-state index is 11.0. The topological polar surface area (TPSA) is 66.8 Å². The highest BCUT2D eigenvalue weighted by Gasteiger charge is 2.38. The monoisotopic (exact) mass is 456 g/mol. The van der Waals surface area contributed by atoms with Crippen molar-refractivity contribution in [3.8, 4) is 22.6 Å². The third-order valence-electron chi connectivity index (χ3n) is 6.92. The lowest BCUT2D eigenvalue weighted by molar-refractivity contribution is -0.131. The van der Waals surface area contributed by atoms with E-state index in [-0.39, 0.29) is 16.6 Å². The quantitative estimate of drug-likeness (QED) is 0.389. The fourth-order valence-electron chi connectivity index (χ4n) is 4.70. The van der Waals surface area contributed by atoms with Crippen LogP contribution >= 0.6 is 0 Å². The zero-order valence-corrected chi connectivity index (χ0v) is 20.3. The Balaban J connectivity index is 1.88. The number of ether oxygens (including phenoxy) is 1. The Hall–Kier alpha value is -3.53. The first-order chi connectivity index (χ1) is 16.1. The van der Waals surface area contributed by atoms with Crippen molar-refractivity contribution in [2.24, 2.45) is 0 Å². The summed E-state index contributed by atoms with van der Waals surface area (Å²) < 4.78 is 6.38. The van der Waals surface area contributed by atoms with Crippen LogP contribution in [0, 0.1) is 0 Å². The molecular weight excluding hydrogens is 424 g/mol. The molecule has 4 heteroatoms.